The molecule has 2 N–H and O–H groups in total. The highest BCUT2D eigenvalue weighted by molar-refractivity contribution is 4.98. The van der Waals surface area contributed by atoms with Crippen molar-refractivity contribution in [3.8, 4) is 0 Å². The van der Waals surface area contributed by atoms with Gasteiger partial charge in [-0.1, -0.05) is 6.08 Å². The van der Waals surface area contributed by atoms with E-state index in [9.17, 15) is 0 Å². The van der Waals surface area contributed by atoms with Crippen LogP contribution in [-0.4, -0.2) is 30.6 Å². The lowest BCUT2D eigenvalue weighted by Crippen LogP contribution is -2.55. The molecule has 0 spiro atoms. The first-order chi connectivity index (χ1) is 5.85. The van der Waals surface area contributed by atoms with Crippen LogP contribution >= 0.6 is 0 Å². The van der Waals surface area contributed by atoms with E-state index in [4.69, 9.17) is 5.73 Å². The molecule has 0 aromatic heterocycles. The molecule has 0 amide bonds. The van der Waals surface area contributed by atoms with Crippen molar-refractivity contribution in [1.82, 2.24) is 4.90 Å². The van der Waals surface area contributed by atoms with Gasteiger partial charge in [0.2, 0.25) is 0 Å². The summed E-state index contributed by atoms with van der Waals surface area (Å²) in [6.07, 6.45) is 4.78. The lowest BCUT2D eigenvalue weighted by atomic mass is 9.76. The third-order valence-electron chi connectivity index (χ3n) is 3.50. The van der Waals surface area contributed by atoms with Crippen LogP contribution in [0.25, 0.3) is 0 Å². The fraction of sp³-hybridized carbons (Fsp3) is 0.800. The second kappa shape index (κ2) is 3.19. The number of nitrogens with zero attached hydrogens (tertiary/aromatic N) is 1. The number of rotatable bonds is 2. The summed E-state index contributed by atoms with van der Waals surface area (Å²) in [6, 6.07) is 0.667. The van der Waals surface area contributed by atoms with Crippen molar-refractivity contribution in [2.45, 2.75) is 18.9 Å². The monoisotopic (exact) mass is 166 g/mol. The van der Waals surface area contributed by atoms with Gasteiger partial charge in [0, 0.05) is 19.1 Å². The van der Waals surface area contributed by atoms with E-state index in [0.29, 0.717) is 6.04 Å². The number of hydrogen-bond acceptors (Lipinski definition) is 2. The molecule has 68 valence electrons. The molecule has 0 radical (unpaired) electrons. The lowest BCUT2D eigenvalue weighted by Gasteiger charge is -2.48. The molecule has 3 rings (SSSR count). The zero-order chi connectivity index (χ0) is 8.55. The van der Waals surface area contributed by atoms with Crippen molar-refractivity contribution in [3.05, 3.63) is 12.7 Å². The van der Waals surface area contributed by atoms with Crippen molar-refractivity contribution < 1.29 is 0 Å². The SMILES string of the molecule is C=C[C@H]1CN2CC[C@H]1C[C@H]2CN. The first kappa shape index (κ1) is 8.27. The summed E-state index contributed by atoms with van der Waals surface area (Å²) >= 11 is 0. The Morgan fingerprint density at radius 1 is 1.58 bits per heavy atom. The maximum absolute atomic E-state index is 5.71. The number of fused-ring (bicyclic) bond motifs is 3. The molecule has 3 saturated heterocycles. The summed E-state index contributed by atoms with van der Waals surface area (Å²) in [7, 11) is 0. The van der Waals surface area contributed by atoms with Gasteiger partial charge in [-0.15, -0.1) is 6.58 Å². The molecule has 2 heteroatoms. The fourth-order valence-electron chi connectivity index (χ4n) is 2.69. The summed E-state index contributed by atoms with van der Waals surface area (Å²) in [6.45, 7) is 7.19. The molecule has 0 aliphatic carbocycles. The number of hydrogen-bond donors (Lipinski definition) is 1. The van der Waals surface area contributed by atoms with Gasteiger partial charge in [0.1, 0.15) is 0 Å². The van der Waals surface area contributed by atoms with Gasteiger partial charge in [-0.05, 0) is 31.2 Å². The van der Waals surface area contributed by atoms with Crippen molar-refractivity contribution in [2.24, 2.45) is 17.6 Å². The molecule has 0 aromatic carbocycles. The van der Waals surface area contributed by atoms with Crippen LogP contribution in [-0.2, 0) is 0 Å². The summed E-state index contributed by atoms with van der Waals surface area (Å²) in [5.41, 5.74) is 5.71. The second-order valence-electron chi connectivity index (χ2n) is 4.07. The lowest BCUT2D eigenvalue weighted by molar-refractivity contribution is 0.0234. The molecular weight excluding hydrogens is 148 g/mol. The highest BCUT2D eigenvalue weighted by atomic mass is 15.2. The molecule has 12 heavy (non-hydrogen) atoms. The molecule has 3 aliphatic rings. The summed E-state index contributed by atoms with van der Waals surface area (Å²) in [5, 5.41) is 0. The molecule has 4 atom stereocenters. The van der Waals surface area contributed by atoms with Crippen LogP contribution in [0.5, 0.6) is 0 Å². The van der Waals surface area contributed by atoms with Crippen LogP contribution in [0.3, 0.4) is 0 Å². The van der Waals surface area contributed by atoms with Gasteiger partial charge in [-0.3, -0.25) is 4.90 Å². The third-order valence-corrected chi connectivity index (χ3v) is 3.50. The van der Waals surface area contributed by atoms with Gasteiger partial charge in [-0.25, -0.2) is 0 Å². The van der Waals surface area contributed by atoms with Crippen LogP contribution in [0.1, 0.15) is 12.8 Å². The zero-order valence-electron chi connectivity index (χ0n) is 7.58. The van der Waals surface area contributed by atoms with Crippen LogP contribution in [0.2, 0.25) is 0 Å². The molecule has 3 aliphatic heterocycles. The van der Waals surface area contributed by atoms with Gasteiger partial charge < -0.3 is 5.73 Å². The first-order valence-electron chi connectivity index (χ1n) is 4.92. The topological polar surface area (TPSA) is 29.3 Å². The Morgan fingerprint density at radius 3 is 2.92 bits per heavy atom. The molecule has 0 saturated carbocycles. The van der Waals surface area contributed by atoms with Gasteiger partial charge >= 0.3 is 0 Å². The van der Waals surface area contributed by atoms with E-state index < -0.39 is 0 Å². The van der Waals surface area contributed by atoms with E-state index in [0.717, 1.165) is 18.4 Å². The average Bonchev–Trinajstić information content (AvgIpc) is 2.18. The Balaban J connectivity index is 2.05. The molecule has 3 heterocycles. The largest absolute Gasteiger partial charge is 0.329 e. The van der Waals surface area contributed by atoms with E-state index in [1.54, 1.807) is 0 Å². The molecule has 1 unspecified atom stereocenters. The molecule has 0 aromatic rings. The van der Waals surface area contributed by atoms with Gasteiger partial charge in [0.25, 0.3) is 0 Å². The Labute approximate surface area is 74.4 Å². The fourth-order valence-corrected chi connectivity index (χ4v) is 2.69. The van der Waals surface area contributed by atoms with E-state index in [2.05, 4.69) is 17.6 Å². The summed E-state index contributed by atoms with van der Waals surface area (Å²) in [4.78, 5) is 2.53. The van der Waals surface area contributed by atoms with Crippen LogP contribution in [0.15, 0.2) is 12.7 Å². The van der Waals surface area contributed by atoms with Gasteiger partial charge in [0.15, 0.2) is 0 Å². The summed E-state index contributed by atoms with van der Waals surface area (Å²) < 4.78 is 0. The van der Waals surface area contributed by atoms with Gasteiger partial charge in [-0.2, -0.15) is 0 Å². The Bertz CT molecular complexity index is 179. The van der Waals surface area contributed by atoms with Crippen molar-refractivity contribution in [2.75, 3.05) is 19.6 Å². The molecule has 2 nitrogen and oxygen atoms in total. The van der Waals surface area contributed by atoms with Crippen molar-refractivity contribution >= 4 is 0 Å². The van der Waals surface area contributed by atoms with Crippen LogP contribution < -0.4 is 5.73 Å². The number of nitrogens with two attached hydrogens (primary N) is 1. The highest BCUT2D eigenvalue weighted by Crippen LogP contribution is 2.36. The Morgan fingerprint density at radius 2 is 2.42 bits per heavy atom. The Kier molecular flexibility index (Phi) is 2.20. The van der Waals surface area contributed by atoms with Crippen LogP contribution in [0, 0.1) is 11.8 Å². The number of piperidine rings is 3. The minimum Gasteiger partial charge on any atom is -0.329 e. The third kappa shape index (κ3) is 1.19. The minimum atomic E-state index is 0.667. The van der Waals surface area contributed by atoms with Crippen molar-refractivity contribution in [1.29, 1.82) is 0 Å². The smallest absolute Gasteiger partial charge is 0.0221 e. The normalized spacial score (nSPS) is 46.1. The first-order valence-corrected chi connectivity index (χ1v) is 4.92. The standard InChI is InChI=1S/C10H18N2/c1-2-8-7-12-4-3-9(8)5-10(12)6-11/h2,8-10H,1,3-7,11H2/t8-,9-,10-/m0/s1. The highest BCUT2D eigenvalue weighted by Gasteiger charge is 2.37. The maximum Gasteiger partial charge on any atom is 0.0221 e. The summed E-state index contributed by atoms with van der Waals surface area (Å²) in [5.74, 6) is 1.61. The maximum atomic E-state index is 5.71. The van der Waals surface area contributed by atoms with E-state index in [1.807, 2.05) is 0 Å². The quantitative estimate of drug-likeness (QED) is 0.616. The molecule has 3 fully saturated rings. The van der Waals surface area contributed by atoms with E-state index >= 15 is 0 Å². The average molecular weight is 166 g/mol. The van der Waals surface area contributed by atoms with Crippen molar-refractivity contribution in [3.63, 3.8) is 0 Å². The Hall–Kier alpha value is -0.340. The zero-order valence-corrected chi connectivity index (χ0v) is 7.58. The van der Waals surface area contributed by atoms with Crippen LogP contribution in [0.4, 0.5) is 0 Å². The predicted octanol–water partition coefficient (Wildman–Crippen LogP) is 0.841. The minimum absolute atomic E-state index is 0.667. The second-order valence-corrected chi connectivity index (χ2v) is 4.07. The predicted molar refractivity (Wildman–Crippen MR) is 50.8 cm³/mol. The van der Waals surface area contributed by atoms with E-state index in [1.165, 1.54) is 25.9 Å². The molecular formula is C10H18N2. The molecule has 2 bridgehead atoms. The van der Waals surface area contributed by atoms with Gasteiger partial charge in [0.05, 0.1) is 0 Å². The van der Waals surface area contributed by atoms with E-state index in [-0.39, 0.29) is 0 Å².